The van der Waals surface area contributed by atoms with Crippen LogP contribution in [0, 0.1) is 3.57 Å². The fourth-order valence-corrected chi connectivity index (χ4v) is 16.2. The van der Waals surface area contributed by atoms with Crippen molar-refractivity contribution in [3.8, 4) is 67.0 Å². The third-order valence-electron chi connectivity index (χ3n) is 19.9. The zero-order valence-corrected chi connectivity index (χ0v) is 58.2. The van der Waals surface area contributed by atoms with E-state index in [1.165, 1.54) is 131 Å². The first-order valence-electron chi connectivity index (χ1n) is 31.6. The van der Waals surface area contributed by atoms with Gasteiger partial charge in [0.1, 0.15) is 0 Å². The van der Waals surface area contributed by atoms with Gasteiger partial charge in [0.05, 0.1) is 33.3 Å². The van der Waals surface area contributed by atoms with Crippen molar-refractivity contribution in [1.82, 2.24) is 9.13 Å². The Morgan fingerprint density at radius 3 is 1.18 bits per heavy atom. The number of aromatic nitrogens is 2. The molecule has 8 heteroatoms. The minimum atomic E-state index is -0.384. The van der Waals surface area contributed by atoms with Crippen molar-refractivity contribution < 1.29 is 9.31 Å². The molecule has 92 heavy (non-hydrogen) atoms. The zero-order chi connectivity index (χ0) is 63.4. The van der Waals surface area contributed by atoms with E-state index in [9.17, 15) is 0 Å². The molecule has 0 N–H and O–H groups in total. The Morgan fingerprint density at radius 1 is 0.315 bits per heavy atom. The second-order valence-electron chi connectivity index (χ2n) is 26.7. The van der Waals surface area contributed by atoms with E-state index in [2.05, 4.69) is 374 Å². The maximum Gasteiger partial charge on any atom is 0.494 e. The molecule has 0 spiro atoms. The molecule has 4 nitrogen and oxygen atoms in total. The van der Waals surface area contributed by atoms with Gasteiger partial charge < -0.3 is 18.4 Å². The standard InChI is InChI=1S/C39H36BNO2.C39H28BrN.C6H4BrI/c1-37(2)33-16-9-7-14-29(33)31-24-28(19-20-34(31)37)41-35-17-10-8-15-30(35)32-23-26(18-21-36(32)41)25-12-11-13-27(22-25)40-42-38(3,4)39(5,6)43-40;1-39(2)35-15-5-3-13-31(35)33-24-30(18-19-36(33)39)41-37-16-6-4-14-32(37)34-23-28(17-20-38(34)41)26-10-7-9-25(21-26)27-11-8-12-29(40)22-27;7-5-2-1-3-6(8)4-5/h7-24H,1-6H3;3-24H,1-2H3;1-4H. The van der Waals surface area contributed by atoms with Gasteiger partial charge >= 0.3 is 7.12 Å². The molecular weight excluding hydrogens is 1370 g/mol. The second kappa shape index (κ2) is 23.2. The van der Waals surface area contributed by atoms with Gasteiger partial charge in [0, 0.05) is 56.3 Å². The smallest absolute Gasteiger partial charge is 0.399 e. The average Bonchev–Trinajstić information content (AvgIpc) is 1.58. The van der Waals surface area contributed by atoms with Crippen LogP contribution in [-0.4, -0.2) is 27.5 Å². The van der Waals surface area contributed by atoms with Crippen LogP contribution in [0.2, 0.25) is 0 Å². The van der Waals surface area contributed by atoms with Crippen molar-refractivity contribution in [3.05, 3.63) is 302 Å². The predicted molar refractivity (Wildman–Crippen MR) is 403 cm³/mol. The van der Waals surface area contributed by atoms with Gasteiger partial charge in [-0.3, -0.25) is 0 Å². The molecule has 0 atom stereocenters. The fraction of sp³-hybridized carbons (Fsp3) is 0.143. The van der Waals surface area contributed by atoms with E-state index in [-0.39, 0.29) is 29.2 Å². The van der Waals surface area contributed by atoms with Gasteiger partial charge in [0.25, 0.3) is 0 Å². The van der Waals surface area contributed by atoms with Crippen LogP contribution in [0.25, 0.3) is 111 Å². The van der Waals surface area contributed by atoms with E-state index < -0.39 is 0 Å². The third-order valence-corrected chi connectivity index (χ3v) is 21.5. The minimum absolute atomic E-state index is 0.00451. The summed E-state index contributed by atoms with van der Waals surface area (Å²) < 4.78 is 21.1. The lowest BCUT2D eigenvalue weighted by atomic mass is 9.78. The third kappa shape index (κ3) is 10.4. The van der Waals surface area contributed by atoms with Crippen molar-refractivity contribution in [2.75, 3.05) is 0 Å². The molecule has 0 unspecified atom stereocenters. The van der Waals surface area contributed by atoms with Crippen molar-refractivity contribution in [1.29, 1.82) is 0 Å². The maximum absolute atomic E-state index is 6.36. The van der Waals surface area contributed by atoms with Crippen molar-refractivity contribution in [3.63, 3.8) is 0 Å². The summed E-state index contributed by atoms with van der Waals surface area (Å²) in [6.45, 7) is 17.7. The van der Waals surface area contributed by atoms with E-state index >= 15 is 0 Å². The Bertz CT molecular complexity index is 5230. The second-order valence-corrected chi connectivity index (χ2v) is 29.8. The van der Waals surface area contributed by atoms with Crippen LogP contribution >= 0.6 is 54.5 Å². The number of para-hydroxylation sites is 2. The van der Waals surface area contributed by atoms with E-state index in [0.717, 1.165) is 20.0 Å². The minimum Gasteiger partial charge on any atom is -0.399 e. The largest absolute Gasteiger partial charge is 0.494 e. The van der Waals surface area contributed by atoms with E-state index in [1.54, 1.807) is 0 Å². The Hall–Kier alpha value is -8.09. The van der Waals surface area contributed by atoms with Crippen LogP contribution in [0.5, 0.6) is 0 Å². The van der Waals surface area contributed by atoms with Gasteiger partial charge in [-0.15, -0.1) is 0 Å². The number of fused-ring (bicyclic) bond motifs is 12. The number of rotatable bonds is 6. The summed E-state index contributed by atoms with van der Waals surface area (Å²) in [6, 6.07) is 97.2. The summed E-state index contributed by atoms with van der Waals surface area (Å²) >= 11 is 9.25. The quantitative estimate of drug-likeness (QED) is 0.123. The van der Waals surface area contributed by atoms with Gasteiger partial charge in [0.2, 0.25) is 0 Å². The highest BCUT2D eigenvalue weighted by atomic mass is 127. The molecule has 1 fully saturated rings. The molecule has 450 valence electrons. The molecule has 3 heterocycles. The highest BCUT2D eigenvalue weighted by Crippen LogP contribution is 2.52. The molecule has 17 rings (SSSR count). The van der Waals surface area contributed by atoms with Crippen LogP contribution in [0.1, 0.15) is 77.6 Å². The molecule has 0 amide bonds. The maximum atomic E-state index is 6.36. The molecule has 1 saturated heterocycles. The molecule has 0 bridgehead atoms. The molecule has 3 aliphatic rings. The lowest BCUT2D eigenvalue weighted by Gasteiger charge is -2.32. The van der Waals surface area contributed by atoms with Crippen LogP contribution < -0.4 is 5.46 Å². The summed E-state index contributed by atoms with van der Waals surface area (Å²) in [4.78, 5) is 0. The van der Waals surface area contributed by atoms with Crippen LogP contribution in [0.15, 0.2) is 276 Å². The number of benzene rings is 12. The average molecular weight is 1440 g/mol. The first-order valence-corrected chi connectivity index (χ1v) is 34.3. The predicted octanol–water partition coefficient (Wildman–Crippen LogP) is 23.3. The highest BCUT2D eigenvalue weighted by molar-refractivity contribution is 14.1. The van der Waals surface area contributed by atoms with Gasteiger partial charge in [0.15, 0.2) is 0 Å². The van der Waals surface area contributed by atoms with E-state index in [1.807, 2.05) is 12.1 Å². The van der Waals surface area contributed by atoms with Gasteiger partial charge in [-0.1, -0.05) is 229 Å². The van der Waals surface area contributed by atoms with Crippen molar-refractivity contribution in [2.24, 2.45) is 0 Å². The Labute approximate surface area is 570 Å². The summed E-state index contributed by atoms with van der Waals surface area (Å²) in [7, 11) is -0.384. The van der Waals surface area contributed by atoms with Crippen LogP contribution in [0.4, 0.5) is 0 Å². The highest BCUT2D eigenvalue weighted by Gasteiger charge is 2.52. The van der Waals surface area contributed by atoms with Crippen LogP contribution in [0.3, 0.4) is 0 Å². The Balaban J connectivity index is 0.000000136. The van der Waals surface area contributed by atoms with Gasteiger partial charge in [-0.25, -0.2) is 0 Å². The van der Waals surface area contributed by atoms with Crippen molar-refractivity contribution in [2.45, 2.75) is 77.4 Å². The fourth-order valence-electron chi connectivity index (χ4n) is 14.4. The number of nitrogens with zero attached hydrogens (tertiary/aromatic N) is 2. The molecule has 14 aromatic rings. The summed E-state index contributed by atoms with van der Waals surface area (Å²) in [5.74, 6) is 0. The van der Waals surface area contributed by atoms with E-state index in [0.29, 0.717) is 0 Å². The summed E-state index contributed by atoms with van der Waals surface area (Å²) in [6.07, 6.45) is 0. The molecule has 0 radical (unpaired) electrons. The first-order chi connectivity index (χ1) is 44.3. The normalized spacial score (nSPS) is 15.1. The lowest BCUT2D eigenvalue weighted by molar-refractivity contribution is 0.00578. The number of hydrogen-bond acceptors (Lipinski definition) is 2. The Morgan fingerprint density at radius 2 is 0.707 bits per heavy atom. The number of hydrogen-bond donors (Lipinski definition) is 0. The topological polar surface area (TPSA) is 28.3 Å². The van der Waals surface area contributed by atoms with Gasteiger partial charge in [-0.2, -0.15) is 0 Å². The molecule has 12 aromatic carbocycles. The lowest BCUT2D eigenvalue weighted by Crippen LogP contribution is -2.41. The van der Waals surface area contributed by atoms with Crippen LogP contribution in [-0.2, 0) is 20.1 Å². The Kier molecular flexibility index (Phi) is 15.2. The monoisotopic (exact) mass is 1430 g/mol. The first kappa shape index (κ1) is 60.2. The SMILES string of the molecule is Brc1cccc(I)c1.CC1(C)c2ccccc2-c2cc(-n3c4ccccc4c4cc(-c5cccc(-c6cccc(Br)c6)c5)ccc43)ccc21.CC1(C)c2ccccc2-c2cc(-n3c4ccccc4c4cc(-c5cccc(B6OC(C)(C)C(C)(C)O6)c5)ccc43)ccc21. The molecular formula is C84H68BBr2IN2O2. The van der Waals surface area contributed by atoms with E-state index in [4.69, 9.17) is 9.31 Å². The zero-order valence-electron chi connectivity index (χ0n) is 52.8. The molecule has 1 aliphatic heterocycles. The number of halogens is 3. The molecule has 2 aromatic heterocycles. The summed E-state index contributed by atoms with van der Waals surface area (Å²) in [5, 5.41) is 5.04. The molecule has 0 saturated carbocycles. The molecule has 2 aliphatic carbocycles. The summed E-state index contributed by atoms with van der Waals surface area (Å²) in [5.41, 5.74) is 25.7. The van der Waals surface area contributed by atoms with Gasteiger partial charge in [-0.05, 0) is 231 Å². The van der Waals surface area contributed by atoms with Crippen molar-refractivity contribution >= 4 is 111 Å².